The number of hydrogen-bond donors (Lipinski definition) is 1. The maximum atomic E-state index is 12.7. The van der Waals surface area contributed by atoms with Crippen molar-refractivity contribution in [2.75, 3.05) is 6.61 Å². The zero-order valence-electron chi connectivity index (χ0n) is 13.0. The first-order chi connectivity index (χ1) is 11.6. The molecule has 1 aliphatic heterocycles. The molecule has 0 aromatic heterocycles. The monoisotopic (exact) mass is 346 g/mol. The van der Waals surface area contributed by atoms with E-state index in [0.717, 1.165) is 5.56 Å². The summed E-state index contributed by atoms with van der Waals surface area (Å²) < 4.78 is 29.2. The second-order valence-corrected chi connectivity index (χ2v) is 7.19. The molecular weight excluding hydrogens is 327 g/mol. The highest BCUT2D eigenvalue weighted by atomic mass is 31.2. The molecule has 6 heteroatoms. The van der Waals surface area contributed by atoms with E-state index in [1.807, 2.05) is 36.4 Å². The fraction of sp³-hybridized carbons (Fsp3) is 0.222. The van der Waals surface area contributed by atoms with Gasteiger partial charge in [-0.15, -0.1) is 0 Å². The molecule has 24 heavy (non-hydrogen) atoms. The normalized spacial score (nSPS) is 26.2. The highest BCUT2D eigenvalue weighted by Gasteiger charge is 2.35. The van der Waals surface area contributed by atoms with Crippen LogP contribution < -0.4 is 4.52 Å². The number of ether oxygens (including phenoxy) is 1. The van der Waals surface area contributed by atoms with E-state index >= 15 is 0 Å². The van der Waals surface area contributed by atoms with E-state index in [9.17, 15) is 9.67 Å². The number of para-hydroxylation sites is 1. The molecule has 3 rings (SSSR count). The molecule has 0 spiro atoms. The van der Waals surface area contributed by atoms with Crippen molar-refractivity contribution in [3.05, 3.63) is 78.1 Å². The molecule has 3 atom stereocenters. The highest BCUT2D eigenvalue weighted by molar-refractivity contribution is 7.57. The fourth-order valence-corrected chi connectivity index (χ4v) is 3.82. The maximum absolute atomic E-state index is 12.7. The molecule has 0 fully saturated rings. The van der Waals surface area contributed by atoms with E-state index in [0.29, 0.717) is 12.4 Å². The average Bonchev–Trinajstić information content (AvgIpc) is 2.60. The van der Waals surface area contributed by atoms with Gasteiger partial charge in [-0.1, -0.05) is 48.5 Å². The minimum Gasteiger partial charge on any atom is -0.422 e. The van der Waals surface area contributed by atoms with Crippen molar-refractivity contribution in [1.82, 2.24) is 0 Å². The molecule has 0 unspecified atom stereocenters. The van der Waals surface area contributed by atoms with Crippen LogP contribution in [0.4, 0.5) is 0 Å². The third-order valence-corrected chi connectivity index (χ3v) is 5.07. The lowest BCUT2D eigenvalue weighted by Crippen LogP contribution is -2.33. The molecule has 0 bridgehead atoms. The van der Waals surface area contributed by atoms with Crippen LogP contribution in [0.3, 0.4) is 0 Å². The smallest absolute Gasteiger partial charge is 0.403 e. The minimum absolute atomic E-state index is 0.114. The molecule has 5 nitrogen and oxygen atoms in total. The fourth-order valence-electron chi connectivity index (χ4n) is 2.28. The Kier molecular flexibility index (Phi) is 5.48. The molecule has 126 valence electrons. The van der Waals surface area contributed by atoms with E-state index in [1.54, 1.807) is 24.3 Å². The Morgan fingerprint density at radius 2 is 1.71 bits per heavy atom. The van der Waals surface area contributed by atoms with Gasteiger partial charge in [-0.05, 0) is 23.8 Å². The molecule has 2 aromatic carbocycles. The van der Waals surface area contributed by atoms with Gasteiger partial charge in [0.25, 0.3) is 0 Å². The van der Waals surface area contributed by atoms with Crippen LogP contribution in [0.15, 0.2) is 72.6 Å². The molecule has 2 aromatic rings. The predicted octanol–water partition coefficient (Wildman–Crippen LogP) is 3.75. The number of hydrogen-bond acceptors (Lipinski definition) is 5. The van der Waals surface area contributed by atoms with Crippen LogP contribution in [-0.4, -0.2) is 23.9 Å². The van der Waals surface area contributed by atoms with E-state index < -0.39 is 19.8 Å². The zero-order chi connectivity index (χ0) is 16.8. The SMILES string of the molecule is O=[P@@]1(Oc2ccccc2)C=C[C@H](O)[C@@H](COCc2ccccc2)O1. The highest BCUT2D eigenvalue weighted by Crippen LogP contribution is 2.53. The lowest BCUT2D eigenvalue weighted by atomic mass is 10.2. The Balaban J connectivity index is 1.58. The maximum Gasteiger partial charge on any atom is 0.403 e. The van der Waals surface area contributed by atoms with E-state index in [-0.39, 0.29) is 6.61 Å². The zero-order valence-corrected chi connectivity index (χ0v) is 13.9. The van der Waals surface area contributed by atoms with Gasteiger partial charge >= 0.3 is 7.60 Å². The summed E-state index contributed by atoms with van der Waals surface area (Å²) in [5.41, 5.74) is 1.02. The van der Waals surface area contributed by atoms with E-state index in [4.69, 9.17) is 13.8 Å². The van der Waals surface area contributed by atoms with Gasteiger partial charge in [0.05, 0.1) is 13.2 Å². The first-order valence-electron chi connectivity index (χ1n) is 7.66. The van der Waals surface area contributed by atoms with Gasteiger partial charge in [0.2, 0.25) is 0 Å². The lowest BCUT2D eigenvalue weighted by Gasteiger charge is -2.29. The van der Waals surface area contributed by atoms with Crippen LogP contribution in [0.5, 0.6) is 5.75 Å². The second-order valence-electron chi connectivity index (χ2n) is 5.42. The summed E-state index contributed by atoms with van der Waals surface area (Å²) in [7, 11) is -3.46. The predicted molar refractivity (Wildman–Crippen MR) is 90.8 cm³/mol. The third kappa shape index (κ3) is 4.56. The van der Waals surface area contributed by atoms with E-state index in [1.165, 1.54) is 11.9 Å². The van der Waals surface area contributed by atoms with Crippen molar-refractivity contribution in [1.29, 1.82) is 0 Å². The molecular formula is C18H19O5P. The molecule has 0 saturated heterocycles. The van der Waals surface area contributed by atoms with Crippen LogP contribution in [0.2, 0.25) is 0 Å². The Hall–Kier alpha value is -1.91. The Labute approximate surface area is 141 Å². The van der Waals surface area contributed by atoms with Crippen molar-refractivity contribution in [2.45, 2.75) is 18.8 Å². The minimum atomic E-state index is -3.46. The molecule has 1 aliphatic rings. The molecule has 0 saturated carbocycles. The second kappa shape index (κ2) is 7.77. The van der Waals surface area contributed by atoms with Crippen LogP contribution in [-0.2, 0) is 20.4 Å². The van der Waals surface area contributed by atoms with Crippen LogP contribution in [0.1, 0.15) is 5.56 Å². The molecule has 1 N–H and O–H groups in total. The van der Waals surface area contributed by atoms with Gasteiger partial charge in [-0.2, -0.15) is 0 Å². The summed E-state index contributed by atoms with van der Waals surface area (Å²) in [6.07, 6.45) is -0.195. The number of rotatable bonds is 6. The van der Waals surface area contributed by atoms with Crippen molar-refractivity contribution < 1.29 is 23.5 Å². The topological polar surface area (TPSA) is 65.0 Å². The van der Waals surface area contributed by atoms with Crippen LogP contribution in [0, 0.1) is 0 Å². The van der Waals surface area contributed by atoms with Crippen LogP contribution >= 0.6 is 7.60 Å². The van der Waals surface area contributed by atoms with Gasteiger partial charge in [0.1, 0.15) is 18.0 Å². The first kappa shape index (κ1) is 16.9. The summed E-state index contributed by atoms with van der Waals surface area (Å²) in [6, 6.07) is 18.5. The summed E-state index contributed by atoms with van der Waals surface area (Å²) >= 11 is 0. The number of aliphatic hydroxyl groups excluding tert-OH is 1. The van der Waals surface area contributed by atoms with Gasteiger partial charge in [-0.3, -0.25) is 4.52 Å². The summed E-state index contributed by atoms with van der Waals surface area (Å²) in [6.45, 7) is 0.503. The quantitative estimate of drug-likeness (QED) is 0.807. The lowest BCUT2D eigenvalue weighted by molar-refractivity contribution is -0.0169. The summed E-state index contributed by atoms with van der Waals surface area (Å²) in [4.78, 5) is 0. The van der Waals surface area contributed by atoms with Gasteiger partial charge in [0, 0.05) is 5.82 Å². The third-order valence-electron chi connectivity index (χ3n) is 3.50. The molecule has 0 radical (unpaired) electrons. The summed E-state index contributed by atoms with van der Waals surface area (Å²) in [5.74, 6) is 1.74. The molecule has 0 amide bonds. The molecule has 0 aliphatic carbocycles. The van der Waals surface area contributed by atoms with Crippen molar-refractivity contribution in [3.63, 3.8) is 0 Å². The standard InChI is InChI=1S/C18H19O5P/c19-17-11-12-24(20,22-16-9-5-2-6-10-16)23-18(17)14-21-13-15-7-3-1-4-8-15/h1-12,17-19H,13-14H2/t17-,18+,24+/m0/s1. The average molecular weight is 346 g/mol. The van der Waals surface area contributed by atoms with Gasteiger partial charge in [-0.25, -0.2) is 4.57 Å². The number of aliphatic hydroxyl groups is 1. The van der Waals surface area contributed by atoms with Crippen molar-refractivity contribution in [3.8, 4) is 5.75 Å². The van der Waals surface area contributed by atoms with Crippen molar-refractivity contribution >= 4 is 7.60 Å². The van der Waals surface area contributed by atoms with Crippen LogP contribution in [0.25, 0.3) is 0 Å². The molecule has 1 heterocycles. The van der Waals surface area contributed by atoms with E-state index in [2.05, 4.69) is 0 Å². The van der Waals surface area contributed by atoms with Gasteiger partial charge < -0.3 is 14.4 Å². The van der Waals surface area contributed by atoms with Gasteiger partial charge in [0.15, 0.2) is 0 Å². The first-order valence-corrected chi connectivity index (χ1v) is 9.28. The van der Waals surface area contributed by atoms with Crippen molar-refractivity contribution in [2.24, 2.45) is 0 Å². The Morgan fingerprint density at radius 3 is 2.42 bits per heavy atom. The number of benzene rings is 2. The Morgan fingerprint density at radius 1 is 1.04 bits per heavy atom. The Bertz CT molecular complexity index is 717. The largest absolute Gasteiger partial charge is 0.422 e. The summed E-state index contributed by atoms with van der Waals surface area (Å²) in [5, 5.41) is 10.00.